The number of sulfone groups is 1. The second-order valence-corrected chi connectivity index (χ2v) is 7.35. The van der Waals surface area contributed by atoms with Crippen LogP contribution in [0.4, 0.5) is 5.69 Å². The predicted molar refractivity (Wildman–Crippen MR) is 80.9 cm³/mol. The largest absolute Gasteiger partial charge is 0.399 e. The van der Waals surface area contributed by atoms with E-state index in [1.807, 2.05) is 0 Å². The lowest BCUT2D eigenvalue weighted by molar-refractivity contribution is 0.595. The zero-order valence-electron chi connectivity index (χ0n) is 9.81. The van der Waals surface area contributed by atoms with Crippen LogP contribution in [0, 0.1) is 0 Å². The molecule has 0 fully saturated rings. The van der Waals surface area contributed by atoms with Crippen LogP contribution in [0.2, 0.25) is 5.02 Å². The molecule has 0 aromatic heterocycles. The topological polar surface area (TPSA) is 60.2 Å². The minimum absolute atomic E-state index is 0.103. The highest BCUT2D eigenvalue weighted by atomic mass is 79.9. The van der Waals surface area contributed by atoms with Crippen molar-refractivity contribution in [3.05, 3.63) is 57.5 Å². The Kier molecular flexibility index (Phi) is 4.18. The lowest BCUT2D eigenvalue weighted by Gasteiger charge is -2.07. The first-order chi connectivity index (χ1) is 8.88. The van der Waals surface area contributed by atoms with Crippen LogP contribution < -0.4 is 5.73 Å². The number of hydrogen-bond donors (Lipinski definition) is 1. The highest BCUT2D eigenvalue weighted by Crippen LogP contribution is 2.25. The molecule has 0 aliphatic carbocycles. The molecule has 0 bridgehead atoms. The maximum Gasteiger partial charge on any atom is 0.182 e. The van der Waals surface area contributed by atoms with Crippen molar-refractivity contribution >= 4 is 43.1 Å². The summed E-state index contributed by atoms with van der Waals surface area (Å²) in [5.74, 6) is -0.103. The van der Waals surface area contributed by atoms with Gasteiger partial charge in [0, 0.05) is 15.2 Å². The Morgan fingerprint density at radius 2 is 1.89 bits per heavy atom. The van der Waals surface area contributed by atoms with Crippen molar-refractivity contribution in [2.24, 2.45) is 0 Å². The van der Waals surface area contributed by atoms with Gasteiger partial charge in [0.25, 0.3) is 0 Å². The van der Waals surface area contributed by atoms with Crippen molar-refractivity contribution < 1.29 is 8.42 Å². The van der Waals surface area contributed by atoms with Gasteiger partial charge in [-0.15, -0.1) is 0 Å². The molecule has 0 saturated carbocycles. The summed E-state index contributed by atoms with van der Waals surface area (Å²) >= 11 is 9.13. The molecule has 0 aliphatic heterocycles. The molecule has 2 rings (SSSR count). The van der Waals surface area contributed by atoms with E-state index in [1.165, 1.54) is 12.1 Å². The molecule has 0 heterocycles. The minimum Gasteiger partial charge on any atom is -0.399 e. The number of nitrogen functional groups attached to an aromatic ring is 1. The summed E-state index contributed by atoms with van der Waals surface area (Å²) in [5.41, 5.74) is 6.87. The smallest absolute Gasteiger partial charge is 0.182 e. The zero-order valence-corrected chi connectivity index (χ0v) is 13.0. The predicted octanol–water partition coefficient (Wildman–Crippen LogP) is 3.66. The number of halogens is 2. The summed E-state index contributed by atoms with van der Waals surface area (Å²) in [6, 6.07) is 11.3. The summed E-state index contributed by atoms with van der Waals surface area (Å²) < 4.78 is 25.2. The van der Waals surface area contributed by atoms with E-state index in [4.69, 9.17) is 17.3 Å². The van der Waals surface area contributed by atoms with Crippen LogP contribution in [-0.2, 0) is 15.6 Å². The van der Waals surface area contributed by atoms with Crippen LogP contribution in [-0.4, -0.2) is 8.42 Å². The van der Waals surface area contributed by atoms with E-state index in [0.29, 0.717) is 20.7 Å². The SMILES string of the molecule is Nc1ccc(CS(=O)(=O)c2cccc(Cl)c2)c(Br)c1. The second-order valence-electron chi connectivity index (χ2n) is 4.07. The Hall–Kier alpha value is -1.04. The molecule has 3 nitrogen and oxygen atoms in total. The van der Waals surface area contributed by atoms with E-state index in [-0.39, 0.29) is 10.6 Å². The van der Waals surface area contributed by atoms with E-state index in [9.17, 15) is 8.42 Å². The number of nitrogens with two attached hydrogens (primary N) is 1. The van der Waals surface area contributed by atoms with E-state index in [1.54, 1.807) is 30.3 Å². The first-order valence-electron chi connectivity index (χ1n) is 5.41. The summed E-state index contributed by atoms with van der Waals surface area (Å²) in [6.07, 6.45) is 0. The molecule has 0 unspecified atom stereocenters. The van der Waals surface area contributed by atoms with Crippen LogP contribution in [0.1, 0.15) is 5.56 Å². The molecule has 2 aromatic rings. The Morgan fingerprint density at radius 3 is 2.53 bits per heavy atom. The Labute approximate surface area is 125 Å². The summed E-state index contributed by atoms with van der Waals surface area (Å²) in [4.78, 5) is 0.212. The van der Waals surface area contributed by atoms with Gasteiger partial charge < -0.3 is 5.73 Å². The zero-order chi connectivity index (χ0) is 14.0. The average Bonchev–Trinajstić information content (AvgIpc) is 2.33. The first-order valence-corrected chi connectivity index (χ1v) is 8.23. The third-order valence-corrected chi connectivity index (χ3v) is 5.21. The highest BCUT2D eigenvalue weighted by Gasteiger charge is 2.17. The van der Waals surface area contributed by atoms with Crippen LogP contribution in [0.25, 0.3) is 0 Å². The van der Waals surface area contributed by atoms with Gasteiger partial charge in [0.2, 0.25) is 0 Å². The molecule has 0 spiro atoms. The fourth-order valence-electron chi connectivity index (χ4n) is 1.63. The number of rotatable bonds is 3. The van der Waals surface area contributed by atoms with E-state index < -0.39 is 9.84 Å². The molecule has 0 radical (unpaired) electrons. The monoisotopic (exact) mass is 359 g/mol. The average molecular weight is 361 g/mol. The minimum atomic E-state index is -3.43. The van der Waals surface area contributed by atoms with Gasteiger partial charge in [-0.2, -0.15) is 0 Å². The fourth-order valence-corrected chi connectivity index (χ4v) is 4.03. The lowest BCUT2D eigenvalue weighted by Crippen LogP contribution is -2.05. The van der Waals surface area contributed by atoms with Crippen LogP contribution in [0.3, 0.4) is 0 Å². The van der Waals surface area contributed by atoms with Gasteiger partial charge in [0.05, 0.1) is 10.6 Å². The standard InChI is InChI=1S/C13H11BrClNO2S/c14-13-7-11(16)5-4-9(13)8-19(17,18)12-3-1-2-10(15)6-12/h1-7H,8,16H2. The molecule has 0 amide bonds. The first kappa shape index (κ1) is 14.4. The molecule has 0 atom stereocenters. The van der Waals surface area contributed by atoms with Crippen molar-refractivity contribution in [1.82, 2.24) is 0 Å². The maximum absolute atomic E-state index is 12.3. The lowest BCUT2D eigenvalue weighted by atomic mass is 10.2. The van der Waals surface area contributed by atoms with Gasteiger partial charge in [-0.1, -0.05) is 39.7 Å². The van der Waals surface area contributed by atoms with Gasteiger partial charge in [-0.3, -0.25) is 0 Å². The molecule has 100 valence electrons. The van der Waals surface area contributed by atoms with Crippen molar-refractivity contribution in [3.8, 4) is 0 Å². The Balaban J connectivity index is 2.36. The normalized spacial score (nSPS) is 11.5. The van der Waals surface area contributed by atoms with Gasteiger partial charge >= 0.3 is 0 Å². The van der Waals surface area contributed by atoms with Crippen LogP contribution in [0.5, 0.6) is 0 Å². The quantitative estimate of drug-likeness (QED) is 0.850. The summed E-state index contributed by atoms with van der Waals surface area (Å²) in [6.45, 7) is 0. The highest BCUT2D eigenvalue weighted by molar-refractivity contribution is 9.10. The molecule has 2 N–H and O–H groups in total. The molecular weight excluding hydrogens is 350 g/mol. The third kappa shape index (κ3) is 3.49. The van der Waals surface area contributed by atoms with Crippen LogP contribution in [0.15, 0.2) is 51.8 Å². The number of anilines is 1. The van der Waals surface area contributed by atoms with Gasteiger partial charge in [0.1, 0.15) is 0 Å². The van der Waals surface area contributed by atoms with Gasteiger partial charge in [-0.25, -0.2) is 8.42 Å². The molecule has 2 aromatic carbocycles. The van der Waals surface area contributed by atoms with Crippen molar-refractivity contribution in [3.63, 3.8) is 0 Å². The van der Waals surface area contributed by atoms with Crippen molar-refractivity contribution in [2.45, 2.75) is 10.6 Å². The Bertz CT molecular complexity index is 716. The maximum atomic E-state index is 12.3. The summed E-state index contributed by atoms with van der Waals surface area (Å²) in [7, 11) is -3.43. The van der Waals surface area contributed by atoms with E-state index >= 15 is 0 Å². The van der Waals surface area contributed by atoms with E-state index in [2.05, 4.69) is 15.9 Å². The van der Waals surface area contributed by atoms with Gasteiger partial charge in [0.15, 0.2) is 9.84 Å². The molecule has 0 saturated heterocycles. The third-order valence-electron chi connectivity index (χ3n) is 2.58. The second kappa shape index (κ2) is 5.53. The van der Waals surface area contributed by atoms with Gasteiger partial charge in [-0.05, 0) is 35.9 Å². The number of benzene rings is 2. The molecule has 0 aliphatic rings. The molecule has 19 heavy (non-hydrogen) atoms. The molecule has 6 heteroatoms. The Morgan fingerprint density at radius 1 is 1.16 bits per heavy atom. The van der Waals surface area contributed by atoms with Crippen LogP contribution >= 0.6 is 27.5 Å². The fraction of sp³-hybridized carbons (Fsp3) is 0.0769. The molecular formula is C13H11BrClNO2S. The van der Waals surface area contributed by atoms with E-state index in [0.717, 1.165) is 0 Å². The number of hydrogen-bond acceptors (Lipinski definition) is 3. The van der Waals surface area contributed by atoms with Crippen molar-refractivity contribution in [1.29, 1.82) is 0 Å². The summed E-state index contributed by atoms with van der Waals surface area (Å²) in [5, 5.41) is 0.400. The van der Waals surface area contributed by atoms with Crippen molar-refractivity contribution in [2.75, 3.05) is 5.73 Å².